The van der Waals surface area contributed by atoms with Crippen molar-refractivity contribution in [3.8, 4) is 0 Å². The summed E-state index contributed by atoms with van der Waals surface area (Å²) in [6, 6.07) is 1.75. The van der Waals surface area contributed by atoms with E-state index in [1.807, 2.05) is 25.7 Å². The zero-order valence-electron chi connectivity index (χ0n) is 15.3. The fourth-order valence-electron chi connectivity index (χ4n) is 2.99. The molecule has 1 unspecified atom stereocenters. The predicted octanol–water partition coefficient (Wildman–Crippen LogP) is 1.80. The molecule has 1 aromatic heterocycles. The second-order valence-corrected chi connectivity index (χ2v) is 5.88. The number of nitrogens with one attached hydrogen (secondary N) is 3. The molecule has 1 aromatic rings. The van der Waals surface area contributed by atoms with E-state index in [9.17, 15) is 4.79 Å². The van der Waals surface area contributed by atoms with E-state index in [4.69, 9.17) is 5.41 Å². The Bertz CT molecular complexity index is 686. The van der Waals surface area contributed by atoms with Crippen LogP contribution in [0.2, 0.25) is 5.79 Å². The molecule has 3 N–H and O–H groups in total. The highest BCUT2D eigenvalue weighted by molar-refractivity contribution is 6.51. The Kier molecular flexibility index (Phi) is 6.57. The van der Waals surface area contributed by atoms with Crippen LogP contribution in [0.1, 0.15) is 32.3 Å². The van der Waals surface area contributed by atoms with Gasteiger partial charge in [0.1, 0.15) is 22.0 Å². The lowest BCUT2D eigenvalue weighted by molar-refractivity contribution is -0.117. The van der Waals surface area contributed by atoms with Gasteiger partial charge >= 0.3 is 0 Å². The second kappa shape index (κ2) is 8.46. The van der Waals surface area contributed by atoms with Gasteiger partial charge < -0.3 is 15.6 Å². The number of carbonyl (C=O) groups is 1. The highest BCUT2D eigenvalue weighted by atomic mass is 27.0. The number of pyridine rings is 1. The van der Waals surface area contributed by atoms with Crippen molar-refractivity contribution in [3.63, 3.8) is 0 Å². The summed E-state index contributed by atoms with van der Waals surface area (Å²) in [6.07, 6.45) is 3.53. The number of nitrogens with zero attached hydrogens (tertiary/aromatic N) is 3. The molecule has 8 heteroatoms. The van der Waals surface area contributed by atoms with Crippen molar-refractivity contribution >= 4 is 45.1 Å². The Balaban J connectivity index is 0.00000109. The van der Waals surface area contributed by atoms with Crippen molar-refractivity contribution in [3.05, 3.63) is 17.8 Å². The molecule has 1 amide bonds. The van der Waals surface area contributed by atoms with Crippen LogP contribution in [0.25, 0.3) is 0 Å². The summed E-state index contributed by atoms with van der Waals surface area (Å²) >= 11 is 2.42. The lowest BCUT2D eigenvalue weighted by Gasteiger charge is -2.38. The molecule has 25 heavy (non-hydrogen) atoms. The zero-order valence-corrected chi connectivity index (χ0v) is 16.4. The van der Waals surface area contributed by atoms with Crippen LogP contribution in [0.4, 0.5) is 11.5 Å². The van der Waals surface area contributed by atoms with Gasteiger partial charge in [0, 0.05) is 31.3 Å². The third kappa shape index (κ3) is 3.86. The summed E-state index contributed by atoms with van der Waals surface area (Å²) in [5, 5.41) is 15.7. The zero-order chi connectivity index (χ0) is 18.6. The van der Waals surface area contributed by atoms with Crippen molar-refractivity contribution < 1.29 is 4.79 Å². The maximum absolute atomic E-state index is 12.1. The molecule has 0 saturated heterocycles. The third-order valence-corrected chi connectivity index (χ3v) is 4.36. The minimum absolute atomic E-state index is 0.0239. The standard InChI is InChI=1S/C16H22N6O.CH3.Al/c1-4-22-9(2)13(21-18-3)12(17)11-7-8-19-15(14(11)22)20-16(23)10-5-6-10;;/h7-10,17-18H,4-6H2,1-3H3,(H,19,20,23);1H3;/b17-12?,21-13-;;. The van der Waals surface area contributed by atoms with Crippen molar-refractivity contribution in [2.75, 3.05) is 23.8 Å². The van der Waals surface area contributed by atoms with Crippen molar-refractivity contribution in [1.29, 1.82) is 5.41 Å². The van der Waals surface area contributed by atoms with Crippen LogP contribution in [-0.4, -0.2) is 58.2 Å². The molecule has 7 nitrogen and oxygen atoms in total. The number of hydrazone groups is 1. The molecule has 2 radical (unpaired) electrons. The van der Waals surface area contributed by atoms with Gasteiger partial charge in [0.15, 0.2) is 5.82 Å². The van der Waals surface area contributed by atoms with Gasteiger partial charge in [-0.2, -0.15) is 5.10 Å². The van der Waals surface area contributed by atoms with E-state index < -0.39 is 0 Å². The number of fused-ring (bicyclic) bond motifs is 1. The quantitative estimate of drug-likeness (QED) is 0.566. The minimum Gasteiger partial charge on any atom is -0.360 e. The number of rotatable bonds is 4. The van der Waals surface area contributed by atoms with E-state index in [2.05, 4.69) is 42.0 Å². The molecule has 1 aliphatic heterocycles. The number of amides is 1. The number of hydrogen-bond donors (Lipinski definition) is 3. The highest BCUT2D eigenvalue weighted by Gasteiger charge is 2.36. The maximum Gasteiger partial charge on any atom is 0.228 e. The molecule has 3 rings (SSSR count). The van der Waals surface area contributed by atoms with Crippen molar-refractivity contribution in [2.24, 2.45) is 11.0 Å². The van der Waals surface area contributed by atoms with E-state index in [1.54, 1.807) is 13.2 Å². The first-order valence-electron chi connectivity index (χ1n) is 8.56. The van der Waals surface area contributed by atoms with E-state index in [1.165, 1.54) is 0 Å². The first kappa shape index (κ1) is 19.4. The normalized spacial score (nSPS) is 20.5. The maximum atomic E-state index is 12.1. The Morgan fingerprint density at radius 2 is 2.16 bits per heavy atom. The van der Waals surface area contributed by atoms with Crippen LogP contribution in [0.5, 0.6) is 0 Å². The summed E-state index contributed by atoms with van der Waals surface area (Å²) in [7, 11) is 1.73. The molecule has 0 spiro atoms. The molecule has 2 aliphatic rings. The number of carbonyl (C=O) groups excluding carboxylic acids is 1. The van der Waals surface area contributed by atoms with Crippen LogP contribution < -0.4 is 15.6 Å². The minimum atomic E-state index is -0.0618. The summed E-state index contributed by atoms with van der Waals surface area (Å²) in [6.45, 7) is 4.80. The molecule has 1 atom stereocenters. The van der Waals surface area contributed by atoms with E-state index in [0.717, 1.165) is 30.6 Å². The molecular formula is C17H25AlN6O. The fourth-order valence-corrected chi connectivity index (χ4v) is 2.99. The van der Waals surface area contributed by atoms with Gasteiger partial charge in [0.05, 0.1) is 17.4 Å². The van der Waals surface area contributed by atoms with E-state index >= 15 is 0 Å². The summed E-state index contributed by atoms with van der Waals surface area (Å²) in [4.78, 5) is 18.6. The van der Waals surface area contributed by atoms with E-state index in [-0.39, 0.29) is 17.9 Å². The van der Waals surface area contributed by atoms with Gasteiger partial charge in [-0.1, -0.05) is 0 Å². The van der Waals surface area contributed by atoms with Gasteiger partial charge in [-0.15, -0.1) is 5.79 Å². The highest BCUT2D eigenvalue weighted by Crippen LogP contribution is 2.36. The smallest absolute Gasteiger partial charge is 0.228 e. The number of aromatic nitrogens is 1. The molecule has 0 aromatic carbocycles. The number of hydrogen-bond acceptors (Lipinski definition) is 6. The number of anilines is 2. The van der Waals surface area contributed by atoms with Crippen LogP contribution in [0.15, 0.2) is 17.4 Å². The van der Waals surface area contributed by atoms with Crippen LogP contribution in [0.3, 0.4) is 0 Å². The van der Waals surface area contributed by atoms with Gasteiger partial charge in [-0.05, 0) is 32.8 Å². The monoisotopic (exact) mass is 356 g/mol. The SMILES string of the molecule is CCN1c2c(ccnc2NC(=O)C2CC2)C(=N)/C(=N\NC)C1C.[CH3][Al]. The van der Waals surface area contributed by atoms with Gasteiger partial charge in [-0.25, -0.2) is 4.98 Å². The first-order valence-corrected chi connectivity index (χ1v) is 9.71. The molecule has 1 aliphatic carbocycles. The van der Waals surface area contributed by atoms with E-state index in [0.29, 0.717) is 17.2 Å². The Hall–Kier alpha value is -1.91. The lowest BCUT2D eigenvalue weighted by atomic mass is 9.93. The topological polar surface area (TPSA) is 93.5 Å². The predicted molar refractivity (Wildman–Crippen MR) is 103 cm³/mol. The Morgan fingerprint density at radius 1 is 1.48 bits per heavy atom. The average molecular weight is 356 g/mol. The molecule has 132 valence electrons. The van der Waals surface area contributed by atoms with Crippen LogP contribution in [-0.2, 0) is 4.79 Å². The van der Waals surface area contributed by atoms with Gasteiger partial charge in [0.2, 0.25) is 5.91 Å². The third-order valence-electron chi connectivity index (χ3n) is 4.36. The van der Waals surface area contributed by atoms with Crippen LogP contribution >= 0.6 is 0 Å². The fraction of sp³-hybridized carbons (Fsp3) is 0.529. The molecule has 1 fully saturated rings. The molecule has 0 bridgehead atoms. The molecule has 2 heterocycles. The molecule has 1 saturated carbocycles. The van der Waals surface area contributed by atoms with Gasteiger partial charge in [-0.3, -0.25) is 10.2 Å². The summed E-state index contributed by atoms with van der Waals surface area (Å²) in [5.41, 5.74) is 5.40. The lowest BCUT2D eigenvalue weighted by Crippen LogP contribution is -2.48. The molecular weight excluding hydrogens is 331 g/mol. The largest absolute Gasteiger partial charge is 0.360 e. The summed E-state index contributed by atoms with van der Waals surface area (Å²) in [5.74, 6) is 2.60. The summed E-state index contributed by atoms with van der Waals surface area (Å²) < 4.78 is 0. The van der Waals surface area contributed by atoms with Crippen LogP contribution in [0, 0.1) is 11.3 Å². The van der Waals surface area contributed by atoms with Crippen molar-refractivity contribution in [2.45, 2.75) is 38.5 Å². The first-order chi connectivity index (χ1) is 12.1. The van der Waals surface area contributed by atoms with Gasteiger partial charge in [0.25, 0.3) is 0 Å². The second-order valence-electron chi connectivity index (χ2n) is 5.88. The average Bonchev–Trinajstić information content (AvgIpc) is 3.46. The Labute approximate surface area is 157 Å². The van der Waals surface area contributed by atoms with Crippen molar-refractivity contribution in [1.82, 2.24) is 10.4 Å². The Morgan fingerprint density at radius 3 is 2.72 bits per heavy atom.